The molecule has 0 aliphatic rings. The third-order valence-electron chi connectivity index (χ3n) is 4.52. The zero-order valence-electron chi connectivity index (χ0n) is 17.2. The Kier molecular flexibility index (Phi) is 8.32. The van der Waals surface area contributed by atoms with E-state index in [1.54, 1.807) is 0 Å². The smallest absolute Gasteiger partial charge is 0.240 e. The lowest BCUT2D eigenvalue weighted by Crippen LogP contribution is -2.26. The first-order valence-electron chi connectivity index (χ1n) is 10.2. The van der Waals surface area contributed by atoms with Crippen molar-refractivity contribution in [3.8, 4) is 0 Å². The maximum Gasteiger partial charge on any atom is 0.240 e. The molecule has 5 nitrogen and oxygen atoms in total. The van der Waals surface area contributed by atoms with Crippen molar-refractivity contribution in [2.24, 2.45) is 5.10 Å². The molecule has 0 atom stereocenters. The van der Waals surface area contributed by atoms with Crippen molar-refractivity contribution in [1.82, 2.24) is 10.7 Å². The zero-order valence-corrected chi connectivity index (χ0v) is 17.2. The number of hydrazone groups is 1. The van der Waals surface area contributed by atoms with Crippen molar-refractivity contribution in [2.75, 3.05) is 0 Å². The molecule has 3 rings (SSSR count). The number of carbonyl (C=O) groups is 2. The number of rotatable bonds is 9. The maximum atomic E-state index is 12.2. The van der Waals surface area contributed by atoms with Gasteiger partial charge in [-0.1, -0.05) is 97.1 Å². The van der Waals surface area contributed by atoms with Gasteiger partial charge in [-0.3, -0.25) is 9.59 Å². The number of carbonyl (C=O) groups excluding carboxylic acids is 2. The number of amides is 2. The lowest BCUT2D eigenvalue weighted by atomic mass is 10.1. The van der Waals surface area contributed by atoms with Gasteiger partial charge in [-0.2, -0.15) is 5.10 Å². The molecule has 3 aromatic carbocycles. The third-order valence-corrected chi connectivity index (χ3v) is 4.52. The van der Waals surface area contributed by atoms with Gasteiger partial charge in [-0.25, -0.2) is 5.43 Å². The molecule has 0 saturated heterocycles. The average molecular weight is 412 g/mol. The van der Waals surface area contributed by atoms with Gasteiger partial charge in [0, 0.05) is 24.9 Å². The summed E-state index contributed by atoms with van der Waals surface area (Å²) in [5.41, 5.74) is 6.13. The van der Waals surface area contributed by atoms with E-state index in [0.717, 1.165) is 16.7 Å². The number of nitrogens with zero attached hydrogens (tertiary/aromatic N) is 1. The van der Waals surface area contributed by atoms with Gasteiger partial charge in [0.05, 0.1) is 5.71 Å². The van der Waals surface area contributed by atoms with Gasteiger partial charge < -0.3 is 5.32 Å². The molecule has 0 unspecified atom stereocenters. The van der Waals surface area contributed by atoms with Crippen LogP contribution < -0.4 is 10.7 Å². The summed E-state index contributed by atoms with van der Waals surface area (Å²) in [5.74, 6) is -0.480. The molecule has 0 saturated carbocycles. The van der Waals surface area contributed by atoms with E-state index in [0.29, 0.717) is 12.3 Å². The lowest BCUT2D eigenvalue weighted by molar-refractivity contribution is -0.126. The van der Waals surface area contributed by atoms with E-state index in [9.17, 15) is 9.59 Å². The summed E-state index contributed by atoms with van der Waals surface area (Å²) in [5, 5.41) is 7.10. The van der Waals surface area contributed by atoms with Gasteiger partial charge in [-0.15, -0.1) is 0 Å². The molecular formula is C26H25N3O2. The molecule has 0 aromatic heterocycles. The number of nitrogens with one attached hydrogen (secondary N) is 2. The summed E-state index contributed by atoms with van der Waals surface area (Å²) >= 11 is 0. The van der Waals surface area contributed by atoms with Gasteiger partial charge >= 0.3 is 0 Å². The highest BCUT2D eigenvalue weighted by atomic mass is 16.2. The summed E-state index contributed by atoms with van der Waals surface area (Å²) in [6, 6.07) is 29.1. The Hall–Kier alpha value is -3.99. The lowest BCUT2D eigenvalue weighted by Gasteiger charge is -2.06. The average Bonchev–Trinajstić information content (AvgIpc) is 2.83. The number of hydrogen-bond acceptors (Lipinski definition) is 3. The van der Waals surface area contributed by atoms with Crippen LogP contribution >= 0.6 is 0 Å². The monoisotopic (exact) mass is 411 g/mol. The van der Waals surface area contributed by atoms with E-state index >= 15 is 0 Å². The molecule has 2 N–H and O–H groups in total. The molecule has 0 aliphatic carbocycles. The summed E-state index contributed by atoms with van der Waals surface area (Å²) in [7, 11) is 0. The van der Waals surface area contributed by atoms with Gasteiger partial charge in [0.2, 0.25) is 11.8 Å². The molecule has 31 heavy (non-hydrogen) atoms. The first-order chi connectivity index (χ1) is 15.2. The summed E-state index contributed by atoms with van der Waals surface area (Å²) in [4.78, 5) is 24.2. The summed E-state index contributed by atoms with van der Waals surface area (Å²) in [6.07, 6.45) is 3.97. The fourth-order valence-electron chi connectivity index (χ4n) is 2.84. The molecule has 3 aromatic rings. The minimum atomic E-state index is -0.309. The number of benzene rings is 3. The van der Waals surface area contributed by atoms with Crippen LogP contribution in [0.4, 0.5) is 0 Å². The Morgan fingerprint density at radius 3 is 2.00 bits per heavy atom. The van der Waals surface area contributed by atoms with Crippen LogP contribution in [-0.4, -0.2) is 17.5 Å². The van der Waals surface area contributed by atoms with E-state index in [4.69, 9.17) is 0 Å². The second kappa shape index (κ2) is 11.9. The zero-order chi connectivity index (χ0) is 21.7. The van der Waals surface area contributed by atoms with Crippen molar-refractivity contribution in [1.29, 1.82) is 0 Å². The van der Waals surface area contributed by atoms with Crippen LogP contribution in [0.15, 0.2) is 102 Å². The van der Waals surface area contributed by atoms with Crippen LogP contribution in [0.3, 0.4) is 0 Å². The van der Waals surface area contributed by atoms with Gasteiger partial charge in [0.25, 0.3) is 0 Å². The summed E-state index contributed by atoms with van der Waals surface area (Å²) < 4.78 is 0. The van der Waals surface area contributed by atoms with Crippen LogP contribution in [0.5, 0.6) is 0 Å². The Morgan fingerprint density at radius 2 is 1.32 bits per heavy atom. The highest BCUT2D eigenvalue weighted by molar-refractivity contribution is 6.11. The largest absolute Gasteiger partial charge is 0.352 e. The van der Waals surface area contributed by atoms with Crippen LogP contribution in [0.1, 0.15) is 29.5 Å². The molecule has 2 amide bonds. The SMILES string of the molecule is O=C(CCC(=O)N/N=C(/C=C/c1ccccc1)c1ccccc1)NCc1ccccc1. The van der Waals surface area contributed by atoms with E-state index in [-0.39, 0.29) is 24.7 Å². The molecule has 5 heteroatoms. The predicted molar refractivity (Wildman–Crippen MR) is 124 cm³/mol. The van der Waals surface area contributed by atoms with Gasteiger partial charge in [0.1, 0.15) is 0 Å². The molecular weight excluding hydrogens is 386 g/mol. The maximum absolute atomic E-state index is 12.2. The Morgan fingerprint density at radius 1 is 0.742 bits per heavy atom. The minimum absolute atomic E-state index is 0.0641. The van der Waals surface area contributed by atoms with Crippen LogP contribution in [0, 0.1) is 0 Å². The molecule has 0 aliphatic heterocycles. The third kappa shape index (κ3) is 7.74. The standard InChI is InChI=1S/C26H25N3O2/c30-25(27-20-22-12-6-2-7-13-22)18-19-26(31)29-28-24(23-14-8-3-9-15-23)17-16-21-10-4-1-5-11-21/h1-17H,18-20H2,(H,27,30)(H,29,31)/b17-16+,28-24-. The Balaban J connectivity index is 1.54. The van der Waals surface area contributed by atoms with Gasteiger partial charge in [-0.05, 0) is 17.2 Å². The summed E-state index contributed by atoms with van der Waals surface area (Å²) in [6.45, 7) is 0.446. The molecule has 0 fully saturated rings. The van der Waals surface area contributed by atoms with Gasteiger partial charge in [0.15, 0.2) is 0 Å². The Labute approximate surface area is 182 Å². The molecule has 0 heterocycles. The second-order valence-electron chi connectivity index (χ2n) is 6.90. The highest BCUT2D eigenvalue weighted by Gasteiger charge is 2.07. The van der Waals surface area contributed by atoms with Crippen LogP contribution in [0.25, 0.3) is 6.08 Å². The predicted octanol–water partition coefficient (Wildman–Crippen LogP) is 4.32. The first-order valence-corrected chi connectivity index (χ1v) is 10.2. The second-order valence-corrected chi connectivity index (χ2v) is 6.90. The van der Waals surface area contributed by atoms with Crippen molar-refractivity contribution < 1.29 is 9.59 Å². The Bertz CT molecular complexity index is 1030. The topological polar surface area (TPSA) is 70.6 Å². The highest BCUT2D eigenvalue weighted by Crippen LogP contribution is 2.07. The number of hydrogen-bond donors (Lipinski definition) is 2. The van der Waals surface area contributed by atoms with Crippen molar-refractivity contribution in [3.05, 3.63) is 114 Å². The van der Waals surface area contributed by atoms with Crippen molar-refractivity contribution in [2.45, 2.75) is 19.4 Å². The number of allylic oxidation sites excluding steroid dienone is 1. The first kappa shape index (κ1) is 21.7. The van der Waals surface area contributed by atoms with Crippen molar-refractivity contribution in [3.63, 3.8) is 0 Å². The molecule has 0 spiro atoms. The van der Waals surface area contributed by atoms with E-state index < -0.39 is 0 Å². The van der Waals surface area contributed by atoms with Crippen LogP contribution in [-0.2, 0) is 16.1 Å². The normalized spacial score (nSPS) is 11.3. The quantitative estimate of drug-likeness (QED) is 0.407. The molecule has 0 radical (unpaired) electrons. The van der Waals surface area contributed by atoms with E-state index in [1.165, 1.54) is 0 Å². The fourth-order valence-corrected chi connectivity index (χ4v) is 2.84. The fraction of sp³-hybridized carbons (Fsp3) is 0.115. The van der Waals surface area contributed by atoms with E-state index in [1.807, 2.05) is 103 Å². The van der Waals surface area contributed by atoms with E-state index in [2.05, 4.69) is 15.8 Å². The molecule has 0 bridgehead atoms. The minimum Gasteiger partial charge on any atom is -0.352 e. The van der Waals surface area contributed by atoms with Crippen molar-refractivity contribution >= 4 is 23.6 Å². The van der Waals surface area contributed by atoms with Crippen LogP contribution in [0.2, 0.25) is 0 Å². The molecule has 156 valence electrons.